The number of hydrogen-bond donors (Lipinski definition) is 0. The fourth-order valence-electron chi connectivity index (χ4n) is 6.44. The van der Waals surface area contributed by atoms with Crippen molar-refractivity contribution < 1.29 is 17.9 Å². The monoisotopic (exact) mass is 446 g/mol. The van der Waals surface area contributed by atoms with Gasteiger partial charge in [-0.3, -0.25) is 0 Å². The number of methoxy groups -OCH3 is 1. The van der Waals surface area contributed by atoms with Gasteiger partial charge >= 0.3 is 0 Å². The predicted molar refractivity (Wildman–Crippen MR) is 125 cm³/mol. The Hall–Kier alpha value is -1.71. The number of halogens is 3. The van der Waals surface area contributed by atoms with Crippen LogP contribution in [0.2, 0.25) is 0 Å². The van der Waals surface area contributed by atoms with Crippen molar-refractivity contribution in [3.63, 3.8) is 0 Å². The minimum atomic E-state index is -0.718. The average Bonchev–Trinajstić information content (AvgIpc) is 2.78. The molecule has 176 valence electrons. The molecule has 0 N–H and O–H groups in total. The molecule has 0 aromatic heterocycles. The second kappa shape index (κ2) is 10.5. The van der Waals surface area contributed by atoms with E-state index in [-0.39, 0.29) is 28.0 Å². The third-order valence-corrected chi connectivity index (χ3v) is 8.17. The van der Waals surface area contributed by atoms with E-state index >= 15 is 8.78 Å². The Morgan fingerprint density at radius 3 is 2.38 bits per heavy atom. The molecule has 0 heterocycles. The van der Waals surface area contributed by atoms with Gasteiger partial charge in [-0.15, -0.1) is 0 Å². The maximum Gasteiger partial charge on any atom is 0.140 e. The van der Waals surface area contributed by atoms with E-state index in [1.54, 1.807) is 0 Å². The molecule has 0 radical (unpaired) electrons. The van der Waals surface area contributed by atoms with Gasteiger partial charge in [-0.1, -0.05) is 51.9 Å². The summed E-state index contributed by atoms with van der Waals surface area (Å²) in [5.41, 5.74) is 0.0954. The van der Waals surface area contributed by atoms with Gasteiger partial charge in [0.2, 0.25) is 0 Å². The molecular weight excluding hydrogens is 409 g/mol. The summed E-state index contributed by atoms with van der Waals surface area (Å²) < 4.78 is 50.1. The summed E-state index contributed by atoms with van der Waals surface area (Å²) in [6.45, 7) is 2.25. The predicted octanol–water partition coefficient (Wildman–Crippen LogP) is 8.93. The second-order valence-electron chi connectivity index (χ2n) is 10.2. The van der Waals surface area contributed by atoms with Crippen molar-refractivity contribution >= 4 is 10.8 Å². The standard InChI is InChI=1S/C28H37F3O/c1-3-4-5-6-7-8-18-9-10-20-14-21(12-11-19(20)13-18)26-24(29)16-22-15-23(32-2)17-25(30)27(22)28(26)31/h15-21H,3-14H2,1-2H3/t18?,19-,20?,21-/m1/s1. The van der Waals surface area contributed by atoms with Gasteiger partial charge in [0, 0.05) is 11.6 Å². The zero-order valence-corrected chi connectivity index (χ0v) is 19.6. The Bertz CT molecular complexity index is 925. The van der Waals surface area contributed by atoms with Gasteiger partial charge in [0.15, 0.2) is 0 Å². The lowest BCUT2D eigenvalue weighted by atomic mass is 9.63. The van der Waals surface area contributed by atoms with Gasteiger partial charge in [0.1, 0.15) is 23.2 Å². The van der Waals surface area contributed by atoms with Crippen LogP contribution in [0.5, 0.6) is 5.75 Å². The van der Waals surface area contributed by atoms with E-state index in [4.69, 9.17) is 4.74 Å². The van der Waals surface area contributed by atoms with E-state index in [1.165, 1.54) is 83.1 Å². The highest BCUT2D eigenvalue weighted by atomic mass is 19.1. The lowest BCUT2D eigenvalue weighted by Crippen LogP contribution is -2.31. The molecule has 1 nitrogen and oxygen atoms in total. The molecule has 2 fully saturated rings. The SMILES string of the molecule is CCCCCCCC1CCC2C[C@H](c3c(F)cc4cc(OC)cc(F)c4c3F)CC[C@@H]2C1. The van der Waals surface area contributed by atoms with Crippen molar-refractivity contribution in [2.75, 3.05) is 7.11 Å². The van der Waals surface area contributed by atoms with Gasteiger partial charge in [0.05, 0.1) is 12.5 Å². The summed E-state index contributed by atoms with van der Waals surface area (Å²) in [7, 11) is 1.42. The Labute approximate surface area is 190 Å². The fourth-order valence-corrected chi connectivity index (χ4v) is 6.44. The first-order valence-corrected chi connectivity index (χ1v) is 12.7. The lowest BCUT2D eigenvalue weighted by Gasteiger charge is -2.42. The molecule has 0 amide bonds. The van der Waals surface area contributed by atoms with Gasteiger partial charge in [0.25, 0.3) is 0 Å². The lowest BCUT2D eigenvalue weighted by molar-refractivity contribution is 0.111. The van der Waals surface area contributed by atoms with E-state index in [9.17, 15) is 4.39 Å². The molecule has 2 aliphatic rings. The highest BCUT2D eigenvalue weighted by Gasteiger charge is 2.37. The van der Waals surface area contributed by atoms with Crippen molar-refractivity contribution in [3.05, 3.63) is 41.2 Å². The quantitative estimate of drug-likeness (QED) is 0.368. The molecule has 2 aromatic carbocycles. The number of unbranched alkanes of at least 4 members (excludes halogenated alkanes) is 4. The van der Waals surface area contributed by atoms with Crippen LogP contribution < -0.4 is 4.74 Å². The number of fused-ring (bicyclic) bond motifs is 2. The van der Waals surface area contributed by atoms with E-state index in [2.05, 4.69) is 6.92 Å². The van der Waals surface area contributed by atoms with Crippen molar-refractivity contribution in [2.45, 2.75) is 89.9 Å². The first kappa shape index (κ1) is 23.4. The van der Waals surface area contributed by atoms with Crippen molar-refractivity contribution in [1.29, 1.82) is 0 Å². The topological polar surface area (TPSA) is 9.23 Å². The van der Waals surface area contributed by atoms with Crippen LogP contribution in [0.15, 0.2) is 18.2 Å². The Morgan fingerprint density at radius 2 is 1.59 bits per heavy atom. The normalized spacial score (nSPS) is 25.7. The van der Waals surface area contributed by atoms with E-state index < -0.39 is 17.5 Å². The molecule has 0 saturated heterocycles. The van der Waals surface area contributed by atoms with Gasteiger partial charge in [-0.25, -0.2) is 13.2 Å². The van der Waals surface area contributed by atoms with Crippen LogP contribution in [0, 0.1) is 35.2 Å². The first-order chi connectivity index (χ1) is 15.5. The molecule has 32 heavy (non-hydrogen) atoms. The average molecular weight is 447 g/mol. The molecule has 2 unspecified atom stereocenters. The third-order valence-electron chi connectivity index (χ3n) is 8.17. The molecule has 4 rings (SSSR count). The number of hydrogen-bond acceptors (Lipinski definition) is 1. The molecule has 0 spiro atoms. The van der Waals surface area contributed by atoms with E-state index in [1.807, 2.05) is 0 Å². The van der Waals surface area contributed by atoms with Crippen LogP contribution in [0.4, 0.5) is 13.2 Å². The Kier molecular flexibility index (Phi) is 7.68. The number of rotatable bonds is 8. The first-order valence-electron chi connectivity index (χ1n) is 12.7. The molecule has 2 saturated carbocycles. The van der Waals surface area contributed by atoms with Crippen LogP contribution in [0.1, 0.15) is 95.5 Å². The molecule has 2 aromatic rings. The summed E-state index contributed by atoms with van der Waals surface area (Å²) in [5.74, 6) is 0.209. The molecule has 4 heteroatoms. The van der Waals surface area contributed by atoms with Gasteiger partial charge < -0.3 is 4.74 Å². The second-order valence-corrected chi connectivity index (χ2v) is 10.2. The fraction of sp³-hybridized carbons (Fsp3) is 0.643. The number of ether oxygens (including phenoxy) is 1. The molecule has 2 aliphatic carbocycles. The number of benzene rings is 2. The summed E-state index contributed by atoms with van der Waals surface area (Å²) in [4.78, 5) is 0. The highest BCUT2D eigenvalue weighted by Crippen LogP contribution is 2.49. The van der Waals surface area contributed by atoms with E-state index in [0.717, 1.165) is 25.2 Å². The summed E-state index contributed by atoms with van der Waals surface area (Å²) >= 11 is 0. The summed E-state index contributed by atoms with van der Waals surface area (Å²) in [6.07, 6.45) is 14.4. The minimum Gasteiger partial charge on any atom is -0.497 e. The zero-order chi connectivity index (χ0) is 22.7. The molecule has 0 bridgehead atoms. The molecule has 4 atom stereocenters. The van der Waals surface area contributed by atoms with Crippen molar-refractivity contribution in [1.82, 2.24) is 0 Å². The Balaban J connectivity index is 1.43. The maximum atomic E-state index is 15.4. The summed E-state index contributed by atoms with van der Waals surface area (Å²) in [6, 6.07) is 3.95. The van der Waals surface area contributed by atoms with Crippen LogP contribution >= 0.6 is 0 Å². The third kappa shape index (κ3) is 4.94. The van der Waals surface area contributed by atoms with Crippen LogP contribution in [0.3, 0.4) is 0 Å². The maximum absolute atomic E-state index is 15.4. The minimum absolute atomic E-state index is 0.0954. The van der Waals surface area contributed by atoms with Crippen LogP contribution in [0.25, 0.3) is 10.8 Å². The van der Waals surface area contributed by atoms with Crippen LogP contribution in [-0.2, 0) is 0 Å². The van der Waals surface area contributed by atoms with Crippen molar-refractivity contribution in [3.8, 4) is 5.75 Å². The smallest absolute Gasteiger partial charge is 0.140 e. The molecule has 0 aliphatic heterocycles. The van der Waals surface area contributed by atoms with Gasteiger partial charge in [-0.05, 0) is 73.3 Å². The van der Waals surface area contributed by atoms with Crippen molar-refractivity contribution in [2.24, 2.45) is 17.8 Å². The van der Waals surface area contributed by atoms with Gasteiger partial charge in [-0.2, -0.15) is 0 Å². The Morgan fingerprint density at radius 1 is 0.844 bits per heavy atom. The van der Waals surface area contributed by atoms with E-state index in [0.29, 0.717) is 11.8 Å². The highest BCUT2D eigenvalue weighted by molar-refractivity contribution is 5.86. The zero-order valence-electron chi connectivity index (χ0n) is 19.6. The van der Waals surface area contributed by atoms with Crippen LogP contribution in [-0.4, -0.2) is 7.11 Å². The molecular formula is C28H37F3O. The largest absolute Gasteiger partial charge is 0.497 e. The summed E-state index contributed by atoms with van der Waals surface area (Å²) in [5, 5.41) is 0.102.